The largest absolute Gasteiger partial charge is 0.337 e. The lowest BCUT2D eigenvalue weighted by Crippen LogP contribution is -2.34. The zero-order valence-corrected chi connectivity index (χ0v) is 21.6. The van der Waals surface area contributed by atoms with E-state index in [9.17, 15) is 23.2 Å². The van der Waals surface area contributed by atoms with Gasteiger partial charge in [-0.05, 0) is 42.7 Å². The molecule has 0 unspecified atom stereocenters. The molecule has 4 aromatic rings. The van der Waals surface area contributed by atoms with E-state index in [0.29, 0.717) is 40.6 Å². The first-order chi connectivity index (χ1) is 17.7. The van der Waals surface area contributed by atoms with Crippen molar-refractivity contribution in [2.75, 3.05) is 17.6 Å². The molecule has 2 aromatic carbocycles. The number of halogens is 2. The summed E-state index contributed by atoms with van der Waals surface area (Å²) in [5.74, 6) is -2.19. The summed E-state index contributed by atoms with van der Waals surface area (Å²) in [6, 6.07) is 10.2. The van der Waals surface area contributed by atoms with Gasteiger partial charge in [0, 0.05) is 24.4 Å². The number of nitrogens with one attached hydrogen (secondary N) is 1. The maximum atomic E-state index is 14.0. The highest BCUT2D eigenvalue weighted by Crippen LogP contribution is 2.34. The van der Waals surface area contributed by atoms with Crippen LogP contribution in [-0.2, 0) is 22.6 Å². The van der Waals surface area contributed by atoms with Crippen molar-refractivity contribution in [3.8, 4) is 5.69 Å². The molecule has 2 aromatic heterocycles. The Balaban J connectivity index is 1.54. The minimum Gasteiger partial charge on any atom is -0.337 e. The average Bonchev–Trinajstić information content (AvgIpc) is 3.23. The Kier molecular flexibility index (Phi) is 6.82. The number of carbonyl (C=O) groups excluding carboxylic acids is 2. The van der Waals surface area contributed by atoms with E-state index >= 15 is 0 Å². The summed E-state index contributed by atoms with van der Waals surface area (Å²) in [5, 5.41) is 3.21. The maximum Gasteiger partial charge on any atom is 0.267 e. The summed E-state index contributed by atoms with van der Waals surface area (Å²) in [5.41, 5.74) is 1.90. The van der Waals surface area contributed by atoms with Crippen LogP contribution >= 0.6 is 23.1 Å². The van der Waals surface area contributed by atoms with E-state index in [-0.39, 0.29) is 22.9 Å². The van der Waals surface area contributed by atoms with Gasteiger partial charge < -0.3 is 10.2 Å². The molecule has 7 nitrogen and oxygen atoms in total. The first-order valence-corrected chi connectivity index (χ1v) is 13.3. The van der Waals surface area contributed by atoms with E-state index in [1.54, 1.807) is 4.90 Å². The predicted octanol–water partition coefficient (Wildman–Crippen LogP) is 4.67. The fourth-order valence-corrected chi connectivity index (χ4v) is 6.41. The number of hydrogen-bond acceptors (Lipinski definition) is 6. The van der Waals surface area contributed by atoms with Crippen LogP contribution in [0.25, 0.3) is 15.9 Å². The van der Waals surface area contributed by atoms with Gasteiger partial charge >= 0.3 is 0 Å². The smallest absolute Gasteiger partial charge is 0.267 e. The number of anilines is 1. The second-order valence-electron chi connectivity index (χ2n) is 8.66. The van der Waals surface area contributed by atoms with Gasteiger partial charge in [0.2, 0.25) is 11.8 Å². The molecular weight excluding hydrogens is 518 g/mol. The second kappa shape index (κ2) is 10.1. The van der Waals surface area contributed by atoms with Gasteiger partial charge in [0.25, 0.3) is 5.56 Å². The molecule has 190 valence electrons. The summed E-state index contributed by atoms with van der Waals surface area (Å²) < 4.78 is 29.0. The van der Waals surface area contributed by atoms with E-state index in [1.807, 2.05) is 31.2 Å². The third kappa shape index (κ3) is 4.88. The van der Waals surface area contributed by atoms with E-state index in [2.05, 4.69) is 5.32 Å². The average molecular weight is 541 g/mol. The number of nitrogens with zero attached hydrogens (tertiary/aromatic N) is 3. The second-order valence-corrected chi connectivity index (χ2v) is 10.7. The standard InChI is InChI=1S/C26H22F2N4O3S2/c1-14-5-3-4-6-20(14)32-25(35)23-17-9-10-31(15(2)33)12-21(17)37-24(23)30-26(32)36-13-22(34)29-19-11-16(27)7-8-18(19)28/h3-8,11H,9-10,12-13H2,1-2H3,(H,29,34). The van der Waals surface area contributed by atoms with Crippen LogP contribution in [0.5, 0.6) is 0 Å². The van der Waals surface area contributed by atoms with Crippen molar-refractivity contribution in [3.05, 3.63) is 80.5 Å². The van der Waals surface area contributed by atoms with Gasteiger partial charge in [-0.25, -0.2) is 13.8 Å². The van der Waals surface area contributed by atoms with Crippen LogP contribution in [-0.4, -0.2) is 38.6 Å². The number of thiophene rings is 1. The van der Waals surface area contributed by atoms with Crippen LogP contribution in [0.4, 0.5) is 14.5 Å². The molecule has 1 N–H and O–H groups in total. The molecule has 0 atom stereocenters. The number of fused-ring (bicyclic) bond motifs is 3. The van der Waals surface area contributed by atoms with Crippen LogP contribution in [0.1, 0.15) is 22.9 Å². The third-order valence-electron chi connectivity index (χ3n) is 6.18. The van der Waals surface area contributed by atoms with Gasteiger partial charge in [-0.1, -0.05) is 30.0 Å². The van der Waals surface area contributed by atoms with Crippen molar-refractivity contribution >= 4 is 50.8 Å². The Hall–Kier alpha value is -3.57. The number of amides is 2. The summed E-state index contributed by atoms with van der Waals surface area (Å²) in [6.07, 6.45) is 0.563. The van der Waals surface area contributed by atoms with Crippen LogP contribution in [0, 0.1) is 18.6 Å². The normalized spacial score (nSPS) is 13.0. The zero-order chi connectivity index (χ0) is 26.3. The molecular formula is C26H22F2N4O3S2. The number of thioether (sulfide) groups is 1. The number of carbonyl (C=O) groups is 2. The fraction of sp³-hybridized carbons (Fsp3) is 0.231. The first kappa shape index (κ1) is 25.1. The van der Waals surface area contributed by atoms with Crippen molar-refractivity contribution in [2.45, 2.75) is 32.0 Å². The Morgan fingerprint density at radius 2 is 1.97 bits per heavy atom. The van der Waals surface area contributed by atoms with Gasteiger partial charge in [-0.2, -0.15) is 0 Å². The van der Waals surface area contributed by atoms with E-state index in [0.717, 1.165) is 46.0 Å². The molecule has 1 aliphatic heterocycles. The number of rotatable bonds is 5. The molecule has 3 heterocycles. The van der Waals surface area contributed by atoms with Crippen molar-refractivity contribution in [1.82, 2.24) is 14.5 Å². The monoisotopic (exact) mass is 540 g/mol. The van der Waals surface area contributed by atoms with Crippen molar-refractivity contribution in [1.29, 1.82) is 0 Å². The molecule has 11 heteroatoms. The lowest BCUT2D eigenvalue weighted by molar-refractivity contribution is -0.129. The topological polar surface area (TPSA) is 84.3 Å². The lowest BCUT2D eigenvalue weighted by atomic mass is 10.1. The molecule has 2 amide bonds. The summed E-state index contributed by atoms with van der Waals surface area (Å²) in [7, 11) is 0. The number of para-hydroxylation sites is 1. The number of aromatic nitrogens is 2. The Labute approximate surface area is 219 Å². The minimum absolute atomic E-state index is 0.0228. The Bertz CT molecular complexity index is 1620. The van der Waals surface area contributed by atoms with Gasteiger partial charge in [0.15, 0.2) is 5.16 Å². The third-order valence-corrected chi connectivity index (χ3v) is 8.23. The van der Waals surface area contributed by atoms with Crippen LogP contribution in [0.3, 0.4) is 0 Å². The van der Waals surface area contributed by atoms with Gasteiger partial charge in [0.1, 0.15) is 16.5 Å². The quantitative estimate of drug-likeness (QED) is 0.294. The van der Waals surface area contributed by atoms with Gasteiger partial charge in [0.05, 0.1) is 29.1 Å². The summed E-state index contributed by atoms with van der Waals surface area (Å²) in [4.78, 5) is 46.4. The van der Waals surface area contributed by atoms with E-state index < -0.39 is 17.5 Å². The molecule has 5 rings (SSSR count). The number of aryl methyl sites for hydroxylation is 1. The predicted molar refractivity (Wildman–Crippen MR) is 140 cm³/mol. The van der Waals surface area contributed by atoms with E-state index in [4.69, 9.17) is 4.98 Å². The summed E-state index contributed by atoms with van der Waals surface area (Å²) >= 11 is 2.41. The highest BCUT2D eigenvalue weighted by Gasteiger charge is 2.27. The van der Waals surface area contributed by atoms with Crippen molar-refractivity contribution in [2.24, 2.45) is 0 Å². The first-order valence-electron chi connectivity index (χ1n) is 11.5. The molecule has 0 bridgehead atoms. The minimum atomic E-state index is -0.750. The molecule has 0 radical (unpaired) electrons. The fourth-order valence-electron chi connectivity index (χ4n) is 4.33. The van der Waals surface area contributed by atoms with Crippen molar-refractivity contribution in [3.63, 3.8) is 0 Å². The Morgan fingerprint density at radius 3 is 2.73 bits per heavy atom. The Morgan fingerprint density at radius 1 is 1.19 bits per heavy atom. The SMILES string of the molecule is CC(=O)N1CCc2c(sc3nc(SCC(=O)Nc4cc(F)ccc4F)n(-c4ccccc4C)c(=O)c23)C1. The lowest BCUT2D eigenvalue weighted by Gasteiger charge is -2.25. The van der Waals surface area contributed by atoms with Crippen LogP contribution in [0.15, 0.2) is 52.4 Å². The summed E-state index contributed by atoms with van der Waals surface area (Å²) in [6.45, 7) is 4.37. The zero-order valence-electron chi connectivity index (χ0n) is 20.0. The molecule has 0 saturated heterocycles. The van der Waals surface area contributed by atoms with Gasteiger partial charge in [-0.15, -0.1) is 11.3 Å². The molecule has 37 heavy (non-hydrogen) atoms. The van der Waals surface area contributed by atoms with Gasteiger partial charge in [-0.3, -0.25) is 19.0 Å². The van der Waals surface area contributed by atoms with Crippen LogP contribution < -0.4 is 10.9 Å². The molecule has 0 spiro atoms. The number of benzene rings is 2. The number of hydrogen-bond donors (Lipinski definition) is 1. The van der Waals surface area contributed by atoms with Crippen LogP contribution in [0.2, 0.25) is 0 Å². The van der Waals surface area contributed by atoms with E-state index in [1.165, 1.54) is 22.8 Å². The highest BCUT2D eigenvalue weighted by molar-refractivity contribution is 7.99. The molecule has 0 fully saturated rings. The highest BCUT2D eigenvalue weighted by atomic mass is 32.2. The maximum absolute atomic E-state index is 14.0. The van der Waals surface area contributed by atoms with Crippen molar-refractivity contribution < 1.29 is 18.4 Å². The molecule has 0 aliphatic carbocycles. The molecule has 1 aliphatic rings. The molecule has 0 saturated carbocycles.